The molecule has 2 nitrogen and oxygen atoms in total. The monoisotopic (exact) mass is 182 g/mol. The molecule has 0 bridgehead atoms. The molecule has 0 spiro atoms. The number of carboxylic acid groups (broad SMARTS) is 1. The molecule has 12 heavy (non-hydrogen) atoms. The summed E-state index contributed by atoms with van der Waals surface area (Å²) < 4.78 is 0. The standard InChI is InChI=1S/C9H10O2S/c10-9(11)5-7-2-1-3-8(4-7)6-12/h1-4,12H,5-6H2,(H,10,11). The molecule has 0 unspecified atom stereocenters. The number of benzene rings is 1. The van der Waals surface area contributed by atoms with Crippen LogP contribution in [0.25, 0.3) is 0 Å². The average molecular weight is 182 g/mol. The van der Waals surface area contributed by atoms with E-state index in [0.717, 1.165) is 11.1 Å². The Bertz CT molecular complexity index is 284. The summed E-state index contributed by atoms with van der Waals surface area (Å²) in [6.07, 6.45) is 0.0849. The van der Waals surface area contributed by atoms with Gasteiger partial charge in [0.1, 0.15) is 0 Å². The number of carbonyl (C=O) groups is 1. The lowest BCUT2D eigenvalue weighted by atomic mass is 10.1. The van der Waals surface area contributed by atoms with E-state index in [4.69, 9.17) is 5.11 Å². The molecule has 0 aliphatic heterocycles. The lowest BCUT2D eigenvalue weighted by Crippen LogP contribution is -1.99. The van der Waals surface area contributed by atoms with Crippen molar-refractivity contribution in [2.75, 3.05) is 0 Å². The second kappa shape index (κ2) is 4.16. The van der Waals surface area contributed by atoms with Crippen LogP contribution < -0.4 is 0 Å². The number of rotatable bonds is 3. The van der Waals surface area contributed by atoms with Crippen molar-refractivity contribution in [2.24, 2.45) is 0 Å². The number of hydrogen-bond acceptors (Lipinski definition) is 2. The van der Waals surface area contributed by atoms with Crippen molar-refractivity contribution in [1.29, 1.82) is 0 Å². The van der Waals surface area contributed by atoms with Gasteiger partial charge in [0.25, 0.3) is 0 Å². The Morgan fingerprint density at radius 1 is 1.42 bits per heavy atom. The molecule has 0 fully saturated rings. The van der Waals surface area contributed by atoms with Gasteiger partial charge in [-0.2, -0.15) is 12.6 Å². The summed E-state index contributed by atoms with van der Waals surface area (Å²) in [5.74, 6) is -0.153. The van der Waals surface area contributed by atoms with Crippen LogP contribution in [0.5, 0.6) is 0 Å². The third kappa shape index (κ3) is 2.58. The summed E-state index contributed by atoms with van der Waals surface area (Å²) in [5, 5.41) is 8.51. The maximum atomic E-state index is 10.3. The normalized spacial score (nSPS) is 9.75. The van der Waals surface area contributed by atoms with Gasteiger partial charge in [-0.1, -0.05) is 24.3 Å². The van der Waals surface area contributed by atoms with Crippen LogP contribution in [0.15, 0.2) is 24.3 Å². The van der Waals surface area contributed by atoms with Crippen molar-refractivity contribution in [2.45, 2.75) is 12.2 Å². The highest BCUT2D eigenvalue weighted by molar-refractivity contribution is 7.79. The van der Waals surface area contributed by atoms with Crippen molar-refractivity contribution < 1.29 is 9.90 Å². The molecule has 3 heteroatoms. The Hall–Kier alpha value is -0.960. The van der Waals surface area contributed by atoms with E-state index < -0.39 is 5.97 Å². The zero-order valence-electron chi connectivity index (χ0n) is 6.53. The zero-order chi connectivity index (χ0) is 8.97. The minimum atomic E-state index is -0.800. The molecule has 0 saturated carbocycles. The first-order chi connectivity index (χ1) is 5.72. The Morgan fingerprint density at radius 2 is 2.08 bits per heavy atom. The van der Waals surface area contributed by atoms with Crippen LogP contribution in [0.2, 0.25) is 0 Å². The first kappa shape index (κ1) is 9.13. The molecule has 1 aromatic carbocycles. The Balaban J connectivity index is 2.79. The Labute approximate surface area is 76.6 Å². The molecule has 0 heterocycles. The maximum Gasteiger partial charge on any atom is 0.307 e. The highest BCUT2D eigenvalue weighted by Crippen LogP contribution is 2.07. The van der Waals surface area contributed by atoms with Crippen molar-refractivity contribution in [3.8, 4) is 0 Å². The van der Waals surface area contributed by atoms with Gasteiger partial charge >= 0.3 is 5.97 Å². The molecule has 1 aromatic rings. The fourth-order valence-corrected chi connectivity index (χ4v) is 1.21. The van der Waals surface area contributed by atoms with E-state index in [1.165, 1.54) is 0 Å². The number of aliphatic carboxylic acids is 1. The smallest absolute Gasteiger partial charge is 0.307 e. The van der Waals surface area contributed by atoms with Crippen LogP contribution in [0, 0.1) is 0 Å². The van der Waals surface area contributed by atoms with E-state index in [-0.39, 0.29) is 6.42 Å². The molecule has 0 amide bonds. The first-order valence-corrected chi connectivity index (χ1v) is 4.26. The Morgan fingerprint density at radius 3 is 2.67 bits per heavy atom. The largest absolute Gasteiger partial charge is 0.481 e. The topological polar surface area (TPSA) is 37.3 Å². The van der Waals surface area contributed by atoms with Crippen molar-refractivity contribution in [3.05, 3.63) is 35.4 Å². The predicted molar refractivity (Wildman–Crippen MR) is 50.5 cm³/mol. The average Bonchev–Trinajstić information content (AvgIpc) is 2.03. The van der Waals surface area contributed by atoms with Gasteiger partial charge in [-0.25, -0.2) is 0 Å². The van der Waals surface area contributed by atoms with Crippen LogP contribution in [-0.4, -0.2) is 11.1 Å². The van der Waals surface area contributed by atoms with Crippen LogP contribution >= 0.6 is 12.6 Å². The summed E-state index contributed by atoms with van der Waals surface area (Å²) in [6, 6.07) is 7.45. The second-order valence-corrected chi connectivity index (χ2v) is 2.86. The zero-order valence-corrected chi connectivity index (χ0v) is 7.42. The lowest BCUT2D eigenvalue weighted by Gasteiger charge is -1.99. The number of thiol groups is 1. The second-order valence-electron chi connectivity index (χ2n) is 2.55. The molecule has 1 rings (SSSR count). The molecule has 0 atom stereocenters. The molecule has 1 N–H and O–H groups in total. The molecular formula is C9H10O2S. The van der Waals surface area contributed by atoms with E-state index in [0.29, 0.717) is 5.75 Å². The SMILES string of the molecule is O=C(O)Cc1cccc(CS)c1. The highest BCUT2D eigenvalue weighted by atomic mass is 32.1. The van der Waals surface area contributed by atoms with Gasteiger partial charge in [0.15, 0.2) is 0 Å². The van der Waals surface area contributed by atoms with E-state index in [2.05, 4.69) is 12.6 Å². The summed E-state index contributed by atoms with van der Waals surface area (Å²) in [7, 11) is 0. The van der Waals surface area contributed by atoms with Gasteiger partial charge < -0.3 is 5.11 Å². The third-order valence-electron chi connectivity index (χ3n) is 1.53. The van der Waals surface area contributed by atoms with Crippen molar-refractivity contribution in [3.63, 3.8) is 0 Å². The van der Waals surface area contributed by atoms with E-state index in [9.17, 15) is 4.79 Å². The molecule has 0 saturated heterocycles. The summed E-state index contributed by atoms with van der Waals surface area (Å²) in [5.41, 5.74) is 1.88. The Kier molecular flexibility index (Phi) is 3.17. The highest BCUT2D eigenvalue weighted by Gasteiger charge is 1.99. The van der Waals surface area contributed by atoms with Crippen LogP contribution in [0.3, 0.4) is 0 Å². The summed E-state index contributed by atoms with van der Waals surface area (Å²) in [6.45, 7) is 0. The maximum absolute atomic E-state index is 10.3. The minimum Gasteiger partial charge on any atom is -0.481 e. The van der Waals surface area contributed by atoms with E-state index >= 15 is 0 Å². The van der Waals surface area contributed by atoms with Gasteiger partial charge in [-0.3, -0.25) is 4.79 Å². The van der Waals surface area contributed by atoms with Gasteiger partial charge in [0, 0.05) is 5.75 Å². The summed E-state index contributed by atoms with van der Waals surface area (Å²) in [4.78, 5) is 10.3. The van der Waals surface area contributed by atoms with Gasteiger partial charge in [-0.05, 0) is 11.1 Å². The van der Waals surface area contributed by atoms with Crippen LogP contribution in [0.4, 0.5) is 0 Å². The van der Waals surface area contributed by atoms with Crippen LogP contribution in [-0.2, 0) is 17.0 Å². The lowest BCUT2D eigenvalue weighted by molar-refractivity contribution is -0.136. The fraction of sp³-hybridized carbons (Fsp3) is 0.222. The molecular weight excluding hydrogens is 172 g/mol. The van der Waals surface area contributed by atoms with E-state index in [1.807, 2.05) is 18.2 Å². The van der Waals surface area contributed by atoms with Gasteiger partial charge in [0.05, 0.1) is 6.42 Å². The van der Waals surface area contributed by atoms with Crippen molar-refractivity contribution >= 4 is 18.6 Å². The fourth-order valence-electron chi connectivity index (χ4n) is 1.01. The summed E-state index contributed by atoms with van der Waals surface area (Å²) >= 11 is 4.10. The van der Waals surface area contributed by atoms with Crippen molar-refractivity contribution in [1.82, 2.24) is 0 Å². The molecule has 0 radical (unpaired) electrons. The number of carboxylic acids is 1. The molecule has 0 aromatic heterocycles. The molecule has 0 aliphatic carbocycles. The molecule has 64 valence electrons. The van der Waals surface area contributed by atoms with E-state index in [1.54, 1.807) is 6.07 Å². The number of hydrogen-bond donors (Lipinski definition) is 2. The predicted octanol–water partition coefficient (Wildman–Crippen LogP) is 1.74. The molecule has 0 aliphatic rings. The minimum absolute atomic E-state index is 0.0849. The van der Waals surface area contributed by atoms with Gasteiger partial charge in [-0.15, -0.1) is 0 Å². The quantitative estimate of drug-likeness (QED) is 0.699. The first-order valence-electron chi connectivity index (χ1n) is 3.63. The third-order valence-corrected chi connectivity index (χ3v) is 1.89. The van der Waals surface area contributed by atoms with Crippen LogP contribution in [0.1, 0.15) is 11.1 Å². The van der Waals surface area contributed by atoms with Gasteiger partial charge in [0.2, 0.25) is 0 Å².